The average molecular weight is 1190 g/mol. The molecule has 14 aromatic carbocycles. The summed E-state index contributed by atoms with van der Waals surface area (Å²) in [7, 11) is 0. The summed E-state index contributed by atoms with van der Waals surface area (Å²) in [4.78, 5) is 0. The molecule has 18 aromatic rings. The highest BCUT2D eigenvalue weighted by Gasteiger charge is 2.35. The van der Waals surface area contributed by atoms with Crippen LogP contribution in [0.2, 0.25) is 0 Å². The summed E-state index contributed by atoms with van der Waals surface area (Å²) in [5, 5.41) is 5.85. The Balaban J connectivity index is 1.32. The van der Waals surface area contributed by atoms with Gasteiger partial charge in [0.1, 0.15) is 11.6 Å². The van der Waals surface area contributed by atoms with E-state index < -0.39 is 473 Å². The third kappa shape index (κ3) is 7.75. The maximum atomic E-state index is 13.8. The van der Waals surface area contributed by atoms with Crippen molar-refractivity contribution >= 4 is 87.2 Å². The smallest absolute Gasteiger partial charge is 0.104 e. The van der Waals surface area contributed by atoms with Gasteiger partial charge in [0.05, 0.1) is 135 Å². The second-order valence-corrected chi connectivity index (χ2v) is 19.6. The Hall–Kier alpha value is -12.2. The molecular weight excluding hydrogens is 1090 g/mol. The molecule has 4 heterocycles. The molecule has 0 atom stereocenters. The second-order valence-electron chi connectivity index (χ2n) is 19.6. The van der Waals surface area contributed by atoms with Crippen LogP contribution in [0.15, 0.2) is 320 Å². The van der Waals surface area contributed by atoms with Gasteiger partial charge in [-0.1, -0.05) is 248 Å². The molecule has 5 heteroatoms. The molecule has 18 rings (SSSR count). The number of nitrogens with zero attached hydrogens (tertiary/aromatic N) is 5. The molecule has 0 aliphatic carbocycles. The Morgan fingerprint density at radius 1 is 0.233 bits per heavy atom. The Bertz CT molecular complexity index is 8680. The number of fused-ring (bicyclic) bond motifs is 12. The molecule has 0 fully saturated rings. The van der Waals surface area contributed by atoms with Crippen LogP contribution in [-0.2, 0) is 0 Å². The molecule has 4 aromatic heterocycles. The van der Waals surface area contributed by atoms with Crippen LogP contribution < -0.4 is 0 Å². The molecule has 90 heavy (non-hydrogen) atoms. The van der Waals surface area contributed by atoms with Gasteiger partial charge in [0.2, 0.25) is 0 Å². The topological polar surface area (TPSA) is 43.5 Å². The van der Waals surface area contributed by atoms with Crippen molar-refractivity contribution < 1.29 is 68.5 Å². The minimum atomic E-state index is -1.59. The van der Waals surface area contributed by atoms with Crippen LogP contribution in [0.25, 0.3) is 166 Å². The van der Waals surface area contributed by atoms with Gasteiger partial charge in [-0.05, 0) is 123 Å². The largest absolute Gasteiger partial charge is 0.306 e. The molecule has 0 aliphatic rings. The van der Waals surface area contributed by atoms with E-state index in [0.717, 1.165) is 18.2 Å². The van der Waals surface area contributed by atoms with E-state index >= 15 is 0 Å². The zero-order chi connectivity index (χ0) is 103. The van der Waals surface area contributed by atoms with Gasteiger partial charge in [-0.15, -0.1) is 0 Å². The third-order valence-electron chi connectivity index (χ3n) is 15.1. The summed E-state index contributed by atoms with van der Waals surface area (Å²) >= 11 is 0. The summed E-state index contributed by atoms with van der Waals surface area (Å²) in [5.41, 5.74) is -27.7. The van der Waals surface area contributed by atoms with Crippen LogP contribution in [0, 0.1) is 11.3 Å². The van der Waals surface area contributed by atoms with Crippen LogP contribution in [0.4, 0.5) is 0 Å². The van der Waals surface area contributed by atoms with Crippen LogP contribution in [0.3, 0.4) is 0 Å². The SMILES string of the molecule is [2H]c1c([2H])c([2H])c(-c2ccc3c(c2)c2c([2H])c(-c4c([2H])c([2H])c([2H])c([2H])c4[2H])c([2H])c([2H])c2n3-c2c(-c3c([2H])c([2H])c([2H])c([2H])c3[2H])c(-n3c4c([2H])c([2H])c(-c5c([2H])c([2H])c([2H])c([2H])c5[2H])c([2H])c4c4c([2H])c(-c5c([2H])c([2H])c([2H])c([2H])c5[2H])c([2H])c([2H])c43)c(-n3c4c([2H])c([2H])c([2H])c([2H])c4c4c([2H])c([2H])c([2H])c([2H])c43)c(C#N)c2-n2c3c([2H])c([2H])c([2H])c([2H])c3c3c([2H])c([2H])c([2H])c([2H])c32)c([2H])c1[2H]. The monoisotopic (exact) mass is 1190 g/mol. The molecule has 0 N–H and O–H groups in total. The summed E-state index contributed by atoms with van der Waals surface area (Å²) in [6.45, 7) is 0. The lowest BCUT2D eigenvalue weighted by Gasteiger charge is -2.29. The van der Waals surface area contributed by atoms with Gasteiger partial charge < -0.3 is 18.3 Å². The van der Waals surface area contributed by atoms with Crippen molar-refractivity contribution in [1.82, 2.24) is 18.3 Å². The minimum Gasteiger partial charge on any atom is -0.306 e. The van der Waals surface area contributed by atoms with Gasteiger partial charge in [0.15, 0.2) is 0 Å². The Labute approximate surface area is 589 Å². The number of benzene rings is 14. The van der Waals surface area contributed by atoms with E-state index in [1.165, 1.54) is 0 Å². The number of nitriles is 1. The van der Waals surface area contributed by atoms with E-state index in [2.05, 4.69) is 0 Å². The number of para-hydroxylation sites is 4. The first-order valence-corrected chi connectivity index (χ1v) is 26.6. The van der Waals surface area contributed by atoms with Gasteiger partial charge in [0.25, 0.3) is 0 Å². The first-order valence-electron chi connectivity index (χ1n) is 51.6. The maximum absolute atomic E-state index is 13.8. The van der Waals surface area contributed by atoms with Crippen molar-refractivity contribution in [3.63, 3.8) is 0 Å². The molecular formula is C85H53N5. The number of hydrogen-bond acceptors (Lipinski definition) is 1. The fourth-order valence-corrected chi connectivity index (χ4v) is 11.5. The first-order chi connectivity index (χ1) is 65.4. The zero-order valence-corrected chi connectivity index (χ0v) is 45.0. The molecule has 0 bridgehead atoms. The van der Waals surface area contributed by atoms with E-state index in [9.17, 15) is 57.4 Å². The fourth-order valence-electron chi connectivity index (χ4n) is 11.5. The second kappa shape index (κ2) is 20.5. The quantitative estimate of drug-likeness (QED) is 0.142. The Morgan fingerprint density at radius 2 is 0.522 bits per heavy atom. The standard InChI is InChI=1S/C85H53N5/c86-54-72-82(87-73-38-20-16-34-64(73)65-35-17-21-39-74(65)87)84(89-77-46-42-60(55-24-6-1-7-25-55)50-68(77)69-51-61(43-47-78(69)89)56-26-8-2-9-27-56)81(59-32-14-5-15-33-59)85(83(72)88-75-40-22-18-36-66(75)67-37-19-23-41-76(67)88)90-79-48-44-62(57-28-10-3-11-29-57)52-70(79)71-53-63(45-49-80(71)90)58-30-12-4-13-31-58/h1-53H/i1D,2D,3D,4D,5D,6D,7D,8D,9D,10D,11D,12D,13D,14D,15D,16D,17D,18D,19D,20D,21D,22D,23D,24D,25D,26D,27D,28D,29D,30D,31D,32D,33D,34D,35D,36D,37D,38D,39D,40D,41D,42D,43D,44D,46D,47D,48D,50D,51D,52D. The molecule has 5 nitrogen and oxygen atoms in total. The van der Waals surface area contributed by atoms with Crippen molar-refractivity contribution in [2.45, 2.75) is 0 Å². The van der Waals surface area contributed by atoms with Crippen molar-refractivity contribution in [2.24, 2.45) is 0 Å². The molecule has 0 radical (unpaired) electrons. The highest BCUT2D eigenvalue weighted by Crippen LogP contribution is 2.53. The summed E-state index contributed by atoms with van der Waals surface area (Å²) in [6.07, 6.45) is 0. The van der Waals surface area contributed by atoms with Crippen molar-refractivity contribution in [1.29, 1.82) is 5.26 Å². The van der Waals surface area contributed by atoms with Crippen molar-refractivity contribution in [3.8, 4) is 84.5 Å². The number of aromatic nitrogens is 4. The predicted molar refractivity (Wildman–Crippen MR) is 376 cm³/mol. The highest BCUT2D eigenvalue weighted by atomic mass is 15.1. The van der Waals surface area contributed by atoms with Gasteiger partial charge in [-0.2, -0.15) is 5.26 Å². The molecule has 0 amide bonds. The van der Waals surface area contributed by atoms with Crippen LogP contribution in [0.1, 0.15) is 74.1 Å². The predicted octanol–water partition coefficient (Wildman–Crippen LogP) is 22.3. The number of rotatable bonds is 9. The van der Waals surface area contributed by atoms with E-state index in [4.69, 9.17) is 16.4 Å². The molecule has 0 unspecified atom stereocenters. The molecule has 0 spiro atoms. The zero-order valence-electron chi connectivity index (χ0n) is 95.0. The minimum absolute atomic E-state index is 0.381. The molecule has 0 saturated carbocycles. The lowest BCUT2D eigenvalue weighted by atomic mass is 9.93. The molecule has 0 aliphatic heterocycles. The number of hydrogen-bond donors (Lipinski definition) is 0. The Morgan fingerprint density at radius 3 is 0.889 bits per heavy atom. The van der Waals surface area contributed by atoms with Crippen molar-refractivity contribution in [3.05, 3.63) is 326 Å². The van der Waals surface area contributed by atoms with Gasteiger partial charge in [0, 0.05) is 48.7 Å². The highest BCUT2D eigenvalue weighted by molar-refractivity contribution is 6.18. The third-order valence-corrected chi connectivity index (χ3v) is 15.1. The molecule has 0 saturated heterocycles. The molecule has 418 valence electrons. The fraction of sp³-hybridized carbons (Fsp3) is 0. The first kappa shape index (κ1) is 21.9. The average Bonchev–Trinajstić information content (AvgIpc) is 1.48. The van der Waals surface area contributed by atoms with E-state index in [1.807, 2.05) is 6.07 Å². The van der Waals surface area contributed by atoms with Crippen LogP contribution in [-0.4, -0.2) is 18.3 Å². The normalized spacial score (nSPS) is 19.5. The van der Waals surface area contributed by atoms with Crippen molar-refractivity contribution in [2.75, 3.05) is 0 Å². The van der Waals surface area contributed by atoms with Crippen LogP contribution in [0.5, 0.6) is 0 Å². The van der Waals surface area contributed by atoms with Gasteiger partial charge in [-0.25, -0.2) is 0 Å². The van der Waals surface area contributed by atoms with E-state index in [1.54, 1.807) is 0 Å². The lowest BCUT2D eigenvalue weighted by molar-refractivity contribution is 1.04. The summed E-state index contributed by atoms with van der Waals surface area (Å²) < 4.78 is 488. The maximum Gasteiger partial charge on any atom is 0.104 e. The van der Waals surface area contributed by atoms with Gasteiger partial charge >= 0.3 is 0 Å². The summed E-state index contributed by atoms with van der Waals surface area (Å²) in [5.74, 6) is 0. The van der Waals surface area contributed by atoms with E-state index in [0.29, 0.717) is 18.3 Å². The van der Waals surface area contributed by atoms with Gasteiger partial charge in [-0.3, -0.25) is 0 Å². The van der Waals surface area contributed by atoms with Crippen LogP contribution >= 0.6 is 0 Å². The lowest BCUT2D eigenvalue weighted by Crippen LogP contribution is -2.16. The summed E-state index contributed by atoms with van der Waals surface area (Å²) in [6, 6.07) is -58.6. The Kier molecular flexibility index (Phi) is 4.97. The van der Waals surface area contributed by atoms with E-state index in [-0.39, 0.29) is 0 Å².